The Labute approximate surface area is 159 Å². The Kier molecular flexibility index (Phi) is 3.62. The number of carbonyl (C=O) groups excluding carboxylic acids is 1. The minimum Gasteiger partial charge on any atom is -0.346 e. The number of aromatic nitrogens is 4. The van der Waals surface area contributed by atoms with Gasteiger partial charge in [0, 0.05) is 12.6 Å². The number of aromatic amines is 1. The summed E-state index contributed by atoms with van der Waals surface area (Å²) in [5.41, 5.74) is 0.703. The Bertz CT molecular complexity index is 1130. The third-order valence-corrected chi connectivity index (χ3v) is 6.06. The Balaban J connectivity index is 1.67. The Morgan fingerprint density at radius 3 is 2.81 bits per heavy atom. The molecule has 0 unspecified atom stereocenters. The maximum atomic E-state index is 13.3. The van der Waals surface area contributed by atoms with Gasteiger partial charge in [-0.15, -0.1) is 0 Å². The predicted molar refractivity (Wildman–Crippen MR) is 103 cm³/mol. The highest BCUT2D eigenvalue weighted by atomic mass is 35.5. The highest BCUT2D eigenvalue weighted by molar-refractivity contribution is 6.34. The molecule has 1 fully saturated rings. The lowest BCUT2D eigenvalue weighted by Crippen LogP contribution is -2.40. The minimum atomic E-state index is -0.432. The summed E-state index contributed by atoms with van der Waals surface area (Å²) < 4.78 is 1.66. The number of H-pyrrole nitrogens is 1. The largest absolute Gasteiger partial charge is 0.346 e. The summed E-state index contributed by atoms with van der Waals surface area (Å²) in [5, 5.41) is 4.20. The van der Waals surface area contributed by atoms with Gasteiger partial charge in [0.15, 0.2) is 5.78 Å². The highest BCUT2D eigenvalue weighted by Crippen LogP contribution is 2.44. The third kappa shape index (κ3) is 2.41. The van der Waals surface area contributed by atoms with Crippen LogP contribution in [0, 0.1) is 0 Å². The first-order chi connectivity index (χ1) is 13.1. The lowest BCUT2D eigenvalue weighted by atomic mass is 9.80. The summed E-state index contributed by atoms with van der Waals surface area (Å²) in [4.78, 5) is 37.4. The van der Waals surface area contributed by atoms with Crippen LogP contribution in [-0.4, -0.2) is 25.3 Å². The van der Waals surface area contributed by atoms with Gasteiger partial charge in [-0.2, -0.15) is 0 Å². The second-order valence-electron chi connectivity index (χ2n) is 7.37. The molecule has 5 rings (SSSR count). The van der Waals surface area contributed by atoms with Crippen molar-refractivity contribution in [1.29, 1.82) is 0 Å². The van der Waals surface area contributed by atoms with Crippen molar-refractivity contribution in [3.63, 3.8) is 0 Å². The van der Waals surface area contributed by atoms with Gasteiger partial charge in [0.25, 0.3) is 5.56 Å². The van der Waals surface area contributed by atoms with Crippen LogP contribution in [0.15, 0.2) is 29.5 Å². The summed E-state index contributed by atoms with van der Waals surface area (Å²) in [6, 6.07) is 3.38. The van der Waals surface area contributed by atoms with Gasteiger partial charge in [0.2, 0.25) is 0 Å². The number of nitrogens with one attached hydrogen (secondary N) is 2. The van der Waals surface area contributed by atoms with Crippen molar-refractivity contribution in [2.45, 2.75) is 44.1 Å². The average Bonchev–Trinajstić information content (AvgIpc) is 3.24. The maximum absolute atomic E-state index is 13.3. The third-order valence-electron chi connectivity index (χ3n) is 5.77. The van der Waals surface area contributed by atoms with Crippen LogP contribution in [0.25, 0.3) is 11.0 Å². The van der Waals surface area contributed by atoms with Gasteiger partial charge in [-0.3, -0.25) is 14.2 Å². The van der Waals surface area contributed by atoms with Gasteiger partial charge >= 0.3 is 0 Å². The zero-order valence-corrected chi connectivity index (χ0v) is 15.3. The van der Waals surface area contributed by atoms with E-state index in [0.29, 0.717) is 34.3 Å². The number of pyridine rings is 1. The number of anilines is 2. The van der Waals surface area contributed by atoms with Crippen molar-refractivity contribution in [1.82, 2.24) is 19.5 Å². The van der Waals surface area contributed by atoms with Gasteiger partial charge in [-0.25, -0.2) is 9.97 Å². The highest BCUT2D eigenvalue weighted by Gasteiger charge is 2.46. The SMILES string of the molecule is O=C1CC2(CCCCC2)n2c1c(Cl)cc(Nc1ncnc3[nH]ccc13)c2=O. The summed E-state index contributed by atoms with van der Waals surface area (Å²) in [5.74, 6) is 0.484. The van der Waals surface area contributed by atoms with Crippen molar-refractivity contribution in [2.75, 3.05) is 5.32 Å². The molecule has 1 saturated carbocycles. The molecule has 138 valence electrons. The lowest BCUT2D eigenvalue weighted by Gasteiger charge is -2.35. The van der Waals surface area contributed by atoms with Crippen LogP contribution in [0.5, 0.6) is 0 Å². The molecule has 1 spiro atoms. The molecule has 3 aromatic rings. The van der Waals surface area contributed by atoms with Gasteiger partial charge in [-0.1, -0.05) is 30.9 Å². The second-order valence-corrected chi connectivity index (χ2v) is 7.77. The monoisotopic (exact) mass is 383 g/mol. The molecule has 0 atom stereocenters. The van der Waals surface area contributed by atoms with E-state index in [9.17, 15) is 9.59 Å². The number of fused-ring (bicyclic) bond motifs is 3. The van der Waals surface area contributed by atoms with Crippen LogP contribution in [-0.2, 0) is 5.54 Å². The molecule has 0 amide bonds. The normalized spacial score (nSPS) is 18.2. The number of hydrogen-bond acceptors (Lipinski definition) is 5. The van der Waals surface area contributed by atoms with E-state index in [1.807, 2.05) is 6.07 Å². The fourth-order valence-electron chi connectivity index (χ4n) is 4.56. The fourth-order valence-corrected chi connectivity index (χ4v) is 4.86. The summed E-state index contributed by atoms with van der Waals surface area (Å²) in [7, 11) is 0. The van der Waals surface area contributed by atoms with E-state index in [1.54, 1.807) is 10.8 Å². The van der Waals surface area contributed by atoms with Crippen molar-refractivity contribution in [2.24, 2.45) is 0 Å². The molecule has 2 aliphatic rings. The van der Waals surface area contributed by atoms with Crippen LogP contribution < -0.4 is 10.9 Å². The van der Waals surface area contributed by atoms with Gasteiger partial charge in [-0.05, 0) is 25.0 Å². The van der Waals surface area contributed by atoms with Crippen LogP contribution >= 0.6 is 11.6 Å². The van der Waals surface area contributed by atoms with Crippen molar-refractivity contribution in [3.05, 3.63) is 45.7 Å². The Morgan fingerprint density at radius 2 is 2.00 bits per heavy atom. The quantitative estimate of drug-likeness (QED) is 0.702. The lowest BCUT2D eigenvalue weighted by molar-refractivity contribution is 0.0950. The van der Waals surface area contributed by atoms with Gasteiger partial charge < -0.3 is 10.3 Å². The van der Waals surface area contributed by atoms with Crippen LogP contribution in [0.4, 0.5) is 11.5 Å². The summed E-state index contributed by atoms with van der Waals surface area (Å²) in [6.07, 6.45) is 8.40. The zero-order chi connectivity index (χ0) is 18.6. The fraction of sp³-hybridized carbons (Fsp3) is 0.368. The second kappa shape index (κ2) is 5.92. The number of carbonyl (C=O) groups is 1. The number of rotatable bonds is 2. The summed E-state index contributed by atoms with van der Waals surface area (Å²) >= 11 is 6.45. The van der Waals surface area contributed by atoms with Gasteiger partial charge in [0.1, 0.15) is 29.2 Å². The number of Topliss-reactive ketones (excluding diaryl/α,β-unsaturated/α-hetero) is 1. The van der Waals surface area contributed by atoms with E-state index < -0.39 is 5.54 Å². The number of halogens is 1. The molecule has 0 radical (unpaired) electrons. The van der Waals surface area contributed by atoms with Crippen LogP contribution in [0.3, 0.4) is 0 Å². The number of ketones is 1. The molecular formula is C19H18ClN5O2. The van der Waals surface area contributed by atoms with E-state index in [2.05, 4.69) is 20.3 Å². The molecule has 1 aliphatic carbocycles. The van der Waals surface area contributed by atoms with E-state index in [1.165, 1.54) is 12.4 Å². The molecule has 4 heterocycles. The van der Waals surface area contributed by atoms with Crippen LogP contribution in [0.1, 0.15) is 49.0 Å². The summed E-state index contributed by atoms with van der Waals surface area (Å²) in [6.45, 7) is 0. The van der Waals surface area contributed by atoms with Crippen LogP contribution in [0.2, 0.25) is 5.02 Å². The molecule has 8 heteroatoms. The number of hydrogen-bond donors (Lipinski definition) is 2. The molecule has 0 aromatic carbocycles. The van der Waals surface area contributed by atoms with E-state index >= 15 is 0 Å². The molecule has 0 saturated heterocycles. The topological polar surface area (TPSA) is 92.7 Å². The van der Waals surface area contributed by atoms with Crippen molar-refractivity contribution in [3.8, 4) is 0 Å². The minimum absolute atomic E-state index is 0.0411. The van der Waals surface area contributed by atoms with Crippen molar-refractivity contribution >= 4 is 39.9 Å². The molecule has 1 aliphatic heterocycles. The Hall–Kier alpha value is -2.67. The maximum Gasteiger partial charge on any atom is 0.275 e. The average molecular weight is 384 g/mol. The standard InChI is InChI=1S/C19H18ClN5O2/c20-12-8-13(24-17-11-4-7-21-16(11)22-10-23-17)18(27)25-15(12)14(26)9-19(25)5-2-1-3-6-19/h4,7-8,10H,1-3,5-6,9H2,(H2,21,22,23,24). The first-order valence-corrected chi connectivity index (χ1v) is 9.51. The van der Waals surface area contributed by atoms with E-state index in [4.69, 9.17) is 11.6 Å². The molecule has 7 nitrogen and oxygen atoms in total. The van der Waals surface area contributed by atoms with E-state index in [0.717, 1.165) is 37.5 Å². The first-order valence-electron chi connectivity index (χ1n) is 9.13. The molecule has 27 heavy (non-hydrogen) atoms. The van der Waals surface area contributed by atoms with E-state index in [-0.39, 0.29) is 11.3 Å². The molecule has 2 N–H and O–H groups in total. The predicted octanol–water partition coefficient (Wildman–Crippen LogP) is 3.76. The van der Waals surface area contributed by atoms with Crippen molar-refractivity contribution < 1.29 is 4.79 Å². The molecule has 3 aromatic heterocycles. The molecular weight excluding hydrogens is 366 g/mol. The smallest absolute Gasteiger partial charge is 0.275 e. The molecule has 0 bridgehead atoms. The Morgan fingerprint density at radius 1 is 1.19 bits per heavy atom. The first kappa shape index (κ1) is 16.5. The zero-order valence-electron chi connectivity index (χ0n) is 14.6. The number of nitrogens with zero attached hydrogens (tertiary/aromatic N) is 3. The van der Waals surface area contributed by atoms with Gasteiger partial charge in [0.05, 0.1) is 15.9 Å².